The number of ketones is 1. The van der Waals surface area contributed by atoms with E-state index in [9.17, 15) is 4.79 Å². The molecule has 0 radical (unpaired) electrons. The molecule has 1 heterocycles. The Morgan fingerprint density at radius 2 is 1.95 bits per heavy atom. The summed E-state index contributed by atoms with van der Waals surface area (Å²) in [5.74, 6) is 0.669. The lowest BCUT2D eigenvalue weighted by molar-refractivity contribution is 0.103. The van der Waals surface area contributed by atoms with Gasteiger partial charge in [0.15, 0.2) is 17.3 Å². The van der Waals surface area contributed by atoms with E-state index in [2.05, 4.69) is 4.98 Å². The van der Waals surface area contributed by atoms with Crippen molar-refractivity contribution in [2.45, 2.75) is 0 Å². The molecule has 0 atom stereocenters. The second-order valence-electron chi connectivity index (χ2n) is 3.83. The number of pyridine rings is 1. The molecule has 0 bridgehead atoms. The molecule has 5 nitrogen and oxygen atoms in total. The van der Waals surface area contributed by atoms with E-state index in [0.29, 0.717) is 28.3 Å². The van der Waals surface area contributed by atoms with Crippen LogP contribution in [0.3, 0.4) is 0 Å². The Hall–Kier alpha value is -2.56. The Morgan fingerprint density at radius 3 is 2.58 bits per heavy atom. The molecule has 0 aliphatic carbocycles. The van der Waals surface area contributed by atoms with Crippen molar-refractivity contribution >= 4 is 11.5 Å². The van der Waals surface area contributed by atoms with Gasteiger partial charge in [-0.3, -0.25) is 9.78 Å². The summed E-state index contributed by atoms with van der Waals surface area (Å²) in [6.45, 7) is 0. The number of nitrogens with two attached hydrogens (primary N) is 1. The second-order valence-corrected chi connectivity index (χ2v) is 3.83. The van der Waals surface area contributed by atoms with E-state index in [0.717, 1.165) is 0 Å². The fourth-order valence-electron chi connectivity index (χ4n) is 1.82. The number of carbonyl (C=O) groups is 1. The maximum absolute atomic E-state index is 12.5. The lowest BCUT2D eigenvalue weighted by atomic mass is 10.0. The van der Waals surface area contributed by atoms with Gasteiger partial charge in [-0.15, -0.1) is 0 Å². The van der Waals surface area contributed by atoms with Gasteiger partial charge in [-0.2, -0.15) is 0 Å². The second kappa shape index (κ2) is 5.39. The first-order valence-corrected chi connectivity index (χ1v) is 5.64. The van der Waals surface area contributed by atoms with Crippen molar-refractivity contribution in [1.82, 2.24) is 4.98 Å². The van der Waals surface area contributed by atoms with Crippen molar-refractivity contribution in [1.29, 1.82) is 0 Å². The van der Waals surface area contributed by atoms with E-state index < -0.39 is 0 Å². The van der Waals surface area contributed by atoms with Gasteiger partial charge in [-0.1, -0.05) is 6.07 Å². The van der Waals surface area contributed by atoms with Gasteiger partial charge in [0.25, 0.3) is 0 Å². The summed E-state index contributed by atoms with van der Waals surface area (Å²) in [5.41, 5.74) is 6.89. The molecule has 0 amide bonds. The highest BCUT2D eigenvalue weighted by Gasteiger charge is 2.19. The van der Waals surface area contributed by atoms with Gasteiger partial charge in [0.2, 0.25) is 0 Å². The Labute approximate surface area is 111 Å². The van der Waals surface area contributed by atoms with Crippen molar-refractivity contribution < 1.29 is 14.3 Å². The first-order chi connectivity index (χ1) is 9.19. The average Bonchev–Trinajstić information content (AvgIpc) is 2.46. The Bertz CT molecular complexity index is 611. The van der Waals surface area contributed by atoms with Gasteiger partial charge in [-0.25, -0.2) is 0 Å². The molecule has 0 spiro atoms. The number of nitrogens with zero attached hydrogens (tertiary/aromatic N) is 1. The minimum absolute atomic E-state index is 0.226. The van der Waals surface area contributed by atoms with Crippen LogP contribution in [0.25, 0.3) is 0 Å². The van der Waals surface area contributed by atoms with Gasteiger partial charge in [0.1, 0.15) is 0 Å². The fourth-order valence-corrected chi connectivity index (χ4v) is 1.82. The summed E-state index contributed by atoms with van der Waals surface area (Å²) < 4.78 is 10.4. The molecular weight excluding hydrogens is 244 g/mol. The molecular formula is C14H14N2O3. The van der Waals surface area contributed by atoms with Crippen LogP contribution in [-0.4, -0.2) is 25.0 Å². The number of para-hydroxylation sites is 1. The lowest BCUT2D eigenvalue weighted by Gasteiger charge is -2.12. The normalized spacial score (nSPS) is 10.0. The zero-order valence-electron chi connectivity index (χ0n) is 10.7. The topological polar surface area (TPSA) is 74.4 Å². The number of nitrogen functional groups attached to an aromatic ring is 1. The summed E-state index contributed by atoms with van der Waals surface area (Å²) in [4.78, 5) is 16.3. The van der Waals surface area contributed by atoms with Crippen molar-refractivity contribution in [3.63, 3.8) is 0 Å². The number of benzene rings is 1. The van der Waals surface area contributed by atoms with E-state index in [1.165, 1.54) is 26.6 Å². The molecule has 0 saturated carbocycles. The number of carbonyl (C=O) groups excluding carboxylic acids is 1. The Kier molecular flexibility index (Phi) is 3.66. The highest BCUT2D eigenvalue weighted by Crippen LogP contribution is 2.32. The number of ether oxygens (including phenoxy) is 2. The number of anilines is 1. The minimum atomic E-state index is -0.226. The molecule has 0 saturated heterocycles. The first-order valence-electron chi connectivity index (χ1n) is 5.64. The van der Waals surface area contributed by atoms with Crippen LogP contribution in [0.2, 0.25) is 0 Å². The van der Waals surface area contributed by atoms with Gasteiger partial charge in [0.05, 0.1) is 31.7 Å². The van der Waals surface area contributed by atoms with Gasteiger partial charge in [0, 0.05) is 11.8 Å². The van der Waals surface area contributed by atoms with Crippen molar-refractivity contribution in [3.05, 3.63) is 47.8 Å². The molecule has 0 aliphatic heterocycles. The molecule has 19 heavy (non-hydrogen) atoms. The fraction of sp³-hybridized carbons (Fsp3) is 0.143. The molecule has 0 fully saturated rings. The number of hydrogen-bond donors (Lipinski definition) is 1. The zero-order chi connectivity index (χ0) is 13.8. The number of methoxy groups -OCH3 is 2. The zero-order valence-corrected chi connectivity index (χ0v) is 10.7. The molecule has 98 valence electrons. The molecule has 2 N–H and O–H groups in total. The van der Waals surface area contributed by atoms with E-state index >= 15 is 0 Å². The summed E-state index contributed by atoms with van der Waals surface area (Å²) in [6.07, 6.45) is 2.97. The summed E-state index contributed by atoms with van der Waals surface area (Å²) >= 11 is 0. The Balaban J connectivity index is 2.54. The molecule has 1 aromatic carbocycles. The van der Waals surface area contributed by atoms with Crippen LogP contribution in [0.1, 0.15) is 15.9 Å². The highest BCUT2D eigenvalue weighted by atomic mass is 16.5. The standard InChI is InChI=1S/C14H14N2O3/c1-18-12-5-3-4-10(14(12)19-2)13(17)9-6-7-16-8-11(9)15/h3-8H,15H2,1-2H3. The van der Waals surface area contributed by atoms with Crippen LogP contribution < -0.4 is 15.2 Å². The van der Waals surface area contributed by atoms with Crippen LogP contribution >= 0.6 is 0 Å². The largest absolute Gasteiger partial charge is 0.493 e. The molecule has 0 aliphatic rings. The van der Waals surface area contributed by atoms with E-state index in [4.69, 9.17) is 15.2 Å². The lowest BCUT2D eigenvalue weighted by Crippen LogP contribution is -2.08. The molecule has 2 aromatic rings. The van der Waals surface area contributed by atoms with Crippen LogP contribution in [-0.2, 0) is 0 Å². The molecule has 0 unspecified atom stereocenters. The third-order valence-corrected chi connectivity index (χ3v) is 2.74. The molecule has 1 aromatic heterocycles. The SMILES string of the molecule is COc1cccc(C(=O)c2ccncc2N)c1OC. The van der Waals surface area contributed by atoms with Crippen LogP contribution in [0, 0.1) is 0 Å². The quantitative estimate of drug-likeness (QED) is 0.848. The minimum Gasteiger partial charge on any atom is -0.493 e. The van der Waals surface area contributed by atoms with E-state index in [1.54, 1.807) is 24.3 Å². The third-order valence-electron chi connectivity index (χ3n) is 2.74. The smallest absolute Gasteiger partial charge is 0.199 e. The molecule has 2 rings (SSSR count). The van der Waals surface area contributed by atoms with Gasteiger partial charge >= 0.3 is 0 Å². The van der Waals surface area contributed by atoms with Gasteiger partial charge < -0.3 is 15.2 Å². The highest BCUT2D eigenvalue weighted by molar-refractivity contribution is 6.13. The molecule has 5 heteroatoms. The number of hydrogen-bond acceptors (Lipinski definition) is 5. The van der Waals surface area contributed by atoms with Gasteiger partial charge in [-0.05, 0) is 18.2 Å². The maximum Gasteiger partial charge on any atom is 0.199 e. The van der Waals surface area contributed by atoms with Crippen LogP contribution in [0.15, 0.2) is 36.7 Å². The van der Waals surface area contributed by atoms with E-state index in [-0.39, 0.29) is 5.78 Å². The number of aromatic nitrogens is 1. The van der Waals surface area contributed by atoms with E-state index in [1.807, 2.05) is 0 Å². The van der Waals surface area contributed by atoms with Crippen molar-refractivity contribution in [2.24, 2.45) is 0 Å². The first kappa shape index (κ1) is 12.9. The summed E-state index contributed by atoms with van der Waals surface area (Å²) in [6, 6.07) is 6.71. The third kappa shape index (κ3) is 2.35. The predicted octanol–water partition coefficient (Wildman–Crippen LogP) is 1.91. The monoisotopic (exact) mass is 258 g/mol. The van der Waals surface area contributed by atoms with Crippen molar-refractivity contribution in [3.8, 4) is 11.5 Å². The summed E-state index contributed by atoms with van der Waals surface area (Å²) in [5, 5.41) is 0. The Morgan fingerprint density at radius 1 is 1.16 bits per heavy atom. The summed E-state index contributed by atoms with van der Waals surface area (Å²) in [7, 11) is 3.01. The van der Waals surface area contributed by atoms with Crippen LogP contribution in [0.4, 0.5) is 5.69 Å². The maximum atomic E-state index is 12.5. The number of rotatable bonds is 4. The predicted molar refractivity (Wildman–Crippen MR) is 71.6 cm³/mol. The van der Waals surface area contributed by atoms with Crippen molar-refractivity contribution in [2.75, 3.05) is 20.0 Å². The van der Waals surface area contributed by atoms with Crippen LogP contribution in [0.5, 0.6) is 11.5 Å². The average molecular weight is 258 g/mol.